The Morgan fingerprint density at radius 1 is 0.952 bits per heavy atom. The van der Waals surface area contributed by atoms with Gasteiger partial charge >= 0.3 is 5.97 Å². The quantitative estimate of drug-likeness (QED) is 0.874. The van der Waals surface area contributed by atoms with Gasteiger partial charge in [-0.1, -0.05) is 50.2 Å². The Balaban J connectivity index is 2.20. The maximum atomic E-state index is 11.5. The molecule has 3 heteroatoms. The van der Waals surface area contributed by atoms with Gasteiger partial charge in [0.05, 0.1) is 5.92 Å². The molecule has 2 aromatic rings. The average molecular weight is 284 g/mol. The van der Waals surface area contributed by atoms with Gasteiger partial charge in [0, 0.05) is 0 Å². The Morgan fingerprint density at radius 3 is 1.95 bits per heavy atom. The van der Waals surface area contributed by atoms with Gasteiger partial charge in [0.2, 0.25) is 0 Å². The minimum absolute atomic E-state index is 0.143. The van der Waals surface area contributed by atoms with Crippen LogP contribution in [0.3, 0.4) is 0 Å². The first-order valence-corrected chi connectivity index (χ1v) is 7.08. The van der Waals surface area contributed by atoms with Crippen LogP contribution in [-0.2, 0) is 11.2 Å². The molecule has 0 heterocycles. The smallest absolute Gasteiger partial charge is 0.311 e. The first kappa shape index (κ1) is 15.1. The zero-order chi connectivity index (χ0) is 15.4. The monoisotopic (exact) mass is 284 g/mol. The molecule has 0 spiro atoms. The predicted molar refractivity (Wildman–Crippen MR) is 82.7 cm³/mol. The van der Waals surface area contributed by atoms with E-state index in [-0.39, 0.29) is 5.75 Å². The number of aromatic hydroxyl groups is 1. The molecule has 0 amide bonds. The van der Waals surface area contributed by atoms with Gasteiger partial charge in [-0.2, -0.15) is 0 Å². The summed E-state index contributed by atoms with van der Waals surface area (Å²) in [7, 11) is 0. The second kappa shape index (κ2) is 6.44. The van der Waals surface area contributed by atoms with Gasteiger partial charge in [0.15, 0.2) is 0 Å². The van der Waals surface area contributed by atoms with Crippen molar-refractivity contribution in [2.45, 2.75) is 32.1 Å². The molecule has 0 saturated heterocycles. The number of carboxylic acid groups (broad SMARTS) is 1. The minimum Gasteiger partial charge on any atom is -0.508 e. The summed E-state index contributed by atoms with van der Waals surface area (Å²) in [5, 5.41) is 18.7. The summed E-state index contributed by atoms with van der Waals surface area (Å²) < 4.78 is 0. The van der Waals surface area contributed by atoms with Crippen LogP contribution in [0, 0.1) is 0 Å². The van der Waals surface area contributed by atoms with Crippen molar-refractivity contribution in [3.05, 3.63) is 65.2 Å². The lowest BCUT2D eigenvalue weighted by molar-refractivity contribution is -0.138. The fourth-order valence-corrected chi connectivity index (χ4v) is 2.33. The van der Waals surface area contributed by atoms with E-state index in [1.54, 1.807) is 12.1 Å². The molecule has 110 valence electrons. The van der Waals surface area contributed by atoms with Gasteiger partial charge in [0.1, 0.15) is 5.75 Å². The van der Waals surface area contributed by atoms with E-state index in [0.717, 1.165) is 5.56 Å². The van der Waals surface area contributed by atoms with Crippen LogP contribution in [0.5, 0.6) is 5.75 Å². The molecular formula is C18H20O3. The highest BCUT2D eigenvalue weighted by Crippen LogP contribution is 2.24. The molecule has 0 aliphatic heterocycles. The molecule has 1 atom stereocenters. The lowest BCUT2D eigenvalue weighted by Gasteiger charge is -2.14. The number of rotatable bonds is 5. The minimum atomic E-state index is -0.853. The Hall–Kier alpha value is -2.29. The first-order chi connectivity index (χ1) is 9.97. The van der Waals surface area contributed by atoms with Crippen molar-refractivity contribution in [1.82, 2.24) is 0 Å². The maximum Gasteiger partial charge on any atom is 0.311 e. The molecule has 2 N–H and O–H groups in total. The zero-order valence-corrected chi connectivity index (χ0v) is 12.3. The Kier molecular flexibility index (Phi) is 4.63. The molecule has 3 nitrogen and oxygen atoms in total. The highest BCUT2D eigenvalue weighted by Gasteiger charge is 2.20. The average Bonchev–Trinajstić information content (AvgIpc) is 2.46. The molecule has 1 unspecified atom stereocenters. The van der Waals surface area contributed by atoms with Gasteiger partial charge in [-0.25, -0.2) is 0 Å². The fourth-order valence-electron chi connectivity index (χ4n) is 2.33. The van der Waals surface area contributed by atoms with Crippen LogP contribution in [0.2, 0.25) is 0 Å². The number of hydrogen-bond donors (Lipinski definition) is 2. The summed E-state index contributed by atoms with van der Waals surface area (Å²) in [6.45, 7) is 4.26. The third-order valence-electron chi connectivity index (χ3n) is 3.68. The van der Waals surface area contributed by atoms with Crippen LogP contribution in [0.15, 0.2) is 48.5 Å². The highest BCUT2D eigenvalue weighted by atomic mass is 16.4. The molecule has 0 radical (unpaired) electrons. The molecule has 0 bridgehead atoms. The van der Waals surface area contributed by atoms with Crippen molar-refractivity contribution in [2.24, 2.45) is 0 Å². The van der Waals surface area contributed by atoms with Gasteiger partial charge < -0.3 is 10.2 Å². The maximum absolute atomic E-state index is 11.5. The van der Waals surface area contributed by atoms with E-state index in [2.05, 4.69) is 26.0 Å². The Labute approximate surface area is 124 Å². The number of benzene rings is 2. The van der Waals surface area contributed by atoms with Gasteiger partial charge in [-0.05, 0) is 41.2 Å². The van der Waals surface area contributed by atoms with Crippen molar-refractivity contribution in [3.8, 4) is 5.75 Å². The van der Waals surface area contributed by atoms with E-state index < -0.39 is 11.9 Å². The van der Waals surface area contributed by atoms with E-state index >= 15 is 0 Å². The standard InChI is InChI=1S/C18H20O3/c1-12(2)14-5-3-13(4-6-14)11-17(18(20)21)15-7-9-16(19)10-8-15/h3-10,12,17,19H,11H2,1-2H3,(H,20,21). The number of carbonyl (C=O) groups is 1. The van der Waals surface area contributed by atoms with Crippen molar-refractivity contribution in [1.29, 1.82) is 0 Å². The summed E-state index contributed by atoms with van der Waals surface area (Å²) in [6.07, 6.45) is 0.443. The third-order valence-corrected chi connectivity index (χ3v) is 3.68. The molecule has 0 aliphatic rings. The van der Waals surface area contributed by atoms with Gasteiger partial charge in [-0.15, -0.1) is 0 Å². The second-order valence-corrected chi connectivity index (χ2v) is 5.58. The van der Waals surface area contributed by atoms with E-state index in [0.29, 0.717) is 17.9 Å². The van der Waals surface area contributed by atoms with E-state index in [1.807, 2.05) is 12.1 Å². The highest BCUT2D eigenvalue weighted by molar-refractivity contribution is 5.76. The number of carboxylic acids is 1. The number of phenolic OH excluding ortho intramolecular Hbond substituents is 1. The molecule has 2 aromatic carbocycles. The predicted octanol–water partition coefficient (Wildman–Crippen LogP) is 3.93. The second-order valence-electron chi connectivity index (χ2n) is 5.58. The van der Waals surface area contributed by atoms with Crippen LogP contribution in [-0.4, -0.2) is 16.2 Å². The molecule has 0 aliphatic carbocycles. The summed E-state index contributed by atoms with van der Waals surface area (Å²) in [5.74, 6) is -0.847. The van der Waals surface area contributed by atoms with Crippen molar-refractivity contribution in [3.63, 3.8) is 0 Å². The van der Waals surface area contributed by atoms with Gasteiger partial charge in [0.25, 0.3) is 0 Å². The number of hydrogen-bond acceptors (Lipinski definition) is 2. The SMILES string of the molecule is CC(C)c1ccc(CC(C(=O)O)c2ccc(O)cc2)cc1. The molecule has 2 rings (SSSR count). The van der Waals surface area contributed by atoms with Crippen molar-refractivity contribution < 1.29 is 15.0 Å². The molecule has 21 heavy (non-hydrogen) atoms. The van der Waals surface area contributed by atoms with Crippen LogP contribution >= 0.6 is 0 Å². The molecular weight excluding hydrogens is 264 g/mol. The van der Waals surface area contributed by atoms with Crippen LogP contribution in [0.1, 0.15) is 42.4 Å². The van der Waals surface area contributed by atoms with Crippen molar-refractivity contribution in [2.75, 3.05) is 0 Å². The van der Waals surface area contributed by atoms with Crippen LogP contribution < -0.4 is 0 Å². The topological polar surface area (TPSA) is 57.5 Å². The van der Waals surface area contributed by atoms with E-state index in [4.69, 9.17) is 0 Å². The van der Waals surface area contributed by atoms with Crippen LogP contribution in [0.25, 0.3) is 0 Å². The number of phenols is 1. The largest absolute Gasteiger partial charge is 0.508 e. The molecule has 0 fully saturated rings. The summed E-state index contributed by atoms with van der Waals surface area (Å²) in [4.78, 5) is 11.5. The Bertz CT molecular complexity index is 597. The third kappa shape index (κ3) is 3.85. The van der Waals surface area contributed by atoms with E-state index in [9.17, 15) is 15.0 Å². The van der Waals surface area contributed by atoms with Crippen LogP contribution in [0.4, 0.5) is 0 Å². The fraction of sp³-hybridized carbons (Fsp3) is 0.278. The summed E-state index contributed by atoms with van der Waals surface area (Å²) >= 11 is 0. The first-order valence-electron chi connectivity index (χ1n) is 7.08. The number of aliphatic carboxylic acids is 1. The zero-order valence-electron chi connectivity index (χ0n) is 12.3. The normalized spacial score (nSPS) is 12.3. The molecule has 0 aromatic heterocycles. The van der Waals surface area contributed by atoms with E-state index in [1.165, 1.54) is 17.7 Å². The summed E-state index contributed by atoms with van der Waals surface area (Å²) in [5.41, 5.74) is 2.95. The van der Waals surface area contributed by atoms with Gasteiger partial charge in [-0.3, -0.25) is 4.79 Å². The molecule has 0 saturated carbocycles. The lowest BCUT2D eigenvalue weighted by atomic mass is 9.91. The van der Waals surface area contributed by atoms with Crippen molar-refractivity contribution >= 4 is 5.97 Å². The Morgan fingerprint density at radius 2 is 1.48 bits per heavy atom. The lowest BCUT2D eigenvalue weighted by Crippen LogP contribution is -2.14. The summed E-state index contributed by atoms with van der Waals surface area (Å²) in [6, 6.07) is 14.5.